The van der Waals surface area contributed by atoms with E-state index in [9.17, 15) is 13.5 Å². The summed E-state index contributed by atoms with van der Waals surface area (Å²) >= 11 is 4.62. The molecule has 2 N–H and O–H groups in total. The van der Waals surface area contributed by atoms with Crippen LogP contribution >= 0.6 is 27.3 Å². The number of hydrogen-bond acceptors (Lipinski definition) is 4. The van der Waals surface area contributed by atoms with Gasteiger partial charge in [0.05, 0.1) is 14.8 Å². The van der Waals surface area contributed by atoms with E-state index >= 15 is 0 Å². The van der Waals surface area contributed by atoms with E-state index in [2.05, 4.69) is 20.7 Å². The average molecular weight is 328 g/mol. The average Bonchev–Trinajstić information content (AvgIpc) is 2.55. The molecule has 0 aromatic carbocycles. The first kappa shape index (κ1) is 14.1. The number of aryl methyl sites for hydroxylation is 1. The maximum atomic E-state index is 11.9. The Morgan fingerprint density at radius 3 is 2.69 bits per heavy atom. The number of halogens is 1. The van der Waals surface area contributed by atoms with Crippen LogP contribution < -0.4 is 4.72 Å². The van der Waals surface area contributed by atoms with Crippen LogP contribution in [0.25, 0.3) is 0 Å². The molecule has 0 radical (unpaired) electrons. The lowest BCUT2D eigenvalue weighted by Gasteiger charge is -2.09. The van der Waals surface area contributed by atoms with Gasteiger partial charge in [-0.15, -0.1) is 11.3 Å². The number of rotatable bonds is 5. The van der Waals surface area contributed by atoms with Gasteiger partial charge in [0.25, 0.3) is 0 Å². The second-order valence-electron chi connectivity index (χ2n) is 3.38. The standard InChI is InChI=1S/C9H14BrNO3S2/c1-3-7(12)5-11-16(13,14)8-4-9(10)15-6(8)2/h4,7,11-12H,3,5H2,1-2H3. The van der Waals surface area contributed by atoms with Gasteiger partial charge < -0.3 is 5.11 Å². The lowest BCUT2D eigenvalue weighted by Crippen LogP contribution is -2.31. The van der Waals surface area contributed by atoms with E-state index in [0.29, 0.717) is 6.42 Å². The predicted molar refractivity (Wildman–Crippen MR) is 68.2 cm³/mol. The fourth-order valence-corrected chi connectivity index (χ4v) is 4.61. The zero-order valence-corrected chi connectivity index (χ0v) is 12.2. The highest BCUT2D eigenvalue weighted by Gasteiger charge is 2.19. The third-order valence-electron chi connectivity index (χ3n) is 2.11. The van der Waals surface area contributed by atoms with Gasteiger partial charge in [-0.3, -0.25) is 0 Å². The lowest BCUT2D eigenvalue weighted by molar-refractivity contribution is 0.174. The first-order valence-corrected chi connectivity index (χ1v) is 7.89. The van der Waals surface area contributed by atoms with Crippen molar-refractivity contribution in [3.05, 3.63) is 14.7 Å². The van der Waals surface area contributed by atoms with Crippen LogP contribution in [0.5, 0.6) is 0 Å². The first-order valence-electron chi connectivity index (χ1n) is 4.80. The van der Waals surface area contributed by atoms with Crippen molar-refractivity contribution in [3.8, 4) is 0 Å². The first-order chi connectivity index (χ1) is 7.36. The molecule has 7 heteroatoms. The highest BCUT2D eigenvalue weighted by atomic mass is 79.9. The summed E-state index contributed by atoms with van der Waals surface area (Å²) in [6, 6.07) is 1.57. The molecule has 1 unspecified atom stereocenters. The van der Waals surface area contributed by atoms with Crippen molar-refractivity contribution in [1.29, 1.82) is 0 Å². The molecule has 1 aromatic rings. The smallest absolute Gasteiger partial charge is 0.241 e. The Labute approximate surface area is 108 Å². The van der Waals surface area contributed by atoms with E-state index in [1.54, 1.807) is 19.9 Å². The van der Waals surface area contributed by atoms with Crippen LogP contribution in [0.3, 0.4) is 0 Å². The van der Waals surface area contributed by atoms with Crippen molar-refractivity contribution in [3.63, 3.8) is 0 Å². The Morgan fingerprint density at radius 1 is 1.62 bits per heavy atom. The van der Waals surface area contributed by atoms with Crippen molar-refractivity contribution in [2.24, 2.45) is 0 Å². The molecule has 0 amide bonds. The van der Waals surface area contributed by atoms with E-state index in [0.717, 1.165) is 8.66 Å². The molecule has 4 nitrogen and oxygen atoms in total. The number of sulfonamides is 1. The molecule has 1 heterocycles. The molecule has 16 heavy (non-hydrogen) atoms. The SMILES string of the molecule is CCC(O)CNS(=O)(=O)c1cc(Br)sc1C. The van der Waals surface area contributed by atoms with Gasteiger partial charge in [0, 0.05) is 11.4 Å². The molecule has 1 aromatic heterocycles. The molecular weight excluding hydrogens is 314 g/mol. The van der Waals surface area contributed by atoms with Gasteiger partial charge in [-0.25, -0.2) is 13.1 Å². The topological polar surface area (TPSA) is 66.4 Å². The number of aliphatic hydroxyl groups excluding tert-OH is 1. The Bertz CT molecular complexity index is 455. The molecule has 0 saturated heterocycles. The van der Waals surface area contributed by atoms with Crippen molar-refractivity contribution in [1.82, 2.24) is 4.72 Å². The molecule has 0 fully saturated rings. The van der Waals surface area contributed by atoms with E-state index in [4.69, 9.17) is 0 Å². The van der Waals surface area contributed by atoms with Gasteiger partial charge in [-0.05, 0) is 35.3 Å². The molecule has 1 rings (SSSR count). The molecule has 92 valence electrons. The third kappa shape index (κ3) is 3.53. The summed E-state index contributed by atoms with van der Waals surface area (Å²) in [6.07, 6.45) is -0.119. The molecule has 0 aliphatic rings. The highest BCUT2D eigenvalue weighted by Crippen LogP contribution is 2.29. The molecule has 0 aliphatic heterocycles. The van der Waals surface area contributed by atoms with Gasteiger partial charge in [0.15, 0.2) is 0 Å². The summed E-state index contributed by atoms with van der Waals surface area (Å²) in [7, 11) is -3.50. The van der Waals surface area contributed by atoms with Crippen LogP contribution in [0.1, 0.15) is 18.2 Å². The van der Waals surface area contributed by atoms with Gasteiger partial charge >= 0.3 is 0 Å². The largest absolute Gasteiger partial charge is 0.392 e. The van der Waals surface area contributed by atoms with Gasteiger partial charge in [-0.1, -0.05) is 6.92 Å². The van der Waals surface area contributed by atoms with Crippen LogP contribution in [0.15, 0.2) is 14.7 Å². The molecule has 0 bridgehead atoms. The summed E-state index contributed by atoms with van der Waals surface area (Å²) in [4.78, 5) is 0.998. The van der Waals surface area contributed by atoms with E-state index in [-0.39, 0.29) is 11.4 Å². The van der Waals surface area contributed by atoms with Gasteiger partial charge in [0.1, 0.15) is 0 Å². The summed E-state index contributed by atoms with van der Waals surface area (Å²) in [5.74, 6) is 0. The van der Waals surface area contributed by atoms with Crippen LogP contribution in [0.4, 0.5) is 0 Å². The van der Waals surface area contributed by atoms with Crippen LogP contribution in [0.2, 0.25) is 0 Å². The molecular formula is C9H14BrNO3S2. The highest BCUT2D eigenvalue weighted by molar-refractivity contribution is 9.11. The molecule has 1 atom stereocenters. The van der Waals surface area contributed by atoms with Crippen molar-refractivity contribution in [2.45, 2.75) is 31.3 Å². The maximum Gasteiger partial charge on any atom is 0.241 e. The Morgan fingerprint density at radius 2 is 2.25 bits per heavy atom. The summed E-state index contributed by atoms with van der Waals surface area (Å²) < 4.78 is 26.9. The van der Waals surface area contributed by atoms with Gasteiger partial charge in [0.2, 0.25) is 10.0 Å². The molecule has 0 spiro atoms. The monoisotopic (exact) mass is 327 g/mol. The van der Waals surface area contributed by atoms with Crippen molar-refractivity contribution < 1.29 is 13.5 Å². The minimum atomic E-state index is -3.50. The zero-order valence-electron chi connectivity index (χ0n) is 9.03. The number of nitrogens with one attached hydrogen (secondary N) is 1. The maximum absolute atomic E-state index is 11.9. The molecule has 0 saturated carbocycles. The van der Waals surface area contributed by atoms with Crippen LogP contribution in [-0.4, -0.2) is 26.2 Å². The summed E-state index contributed by atoms with van der Waals surface area (Å²) in [5.41, 5.74) is 0. The van der Waals surface area contributed by atoms with Crippen LogP contribution in [0, 0.1) is 6.92 Å². The normalized spacial score (nSPS) is 14.0. The lowest BCUT2D eigenvalue weighted by atomic mass is 10.3. The third-order valence-corrected chi connectivity index (χ3v) is 5.34. The minimum Gasteiger partial charge on any atom is -0.392 e. The second kappa shape index (κ2) is 5.59. The van der Waals surface area contributed by atoms with Crippen molar-refractivity contribution in [2.75, 3.05) is 6.54 Å². The van der Waals surface area contributed by atoms with E-state index < -0.39 is 16.1 Å². The second-order valence-corrected chi connectivity index (χ2v) is 7.76. The molecule has 0 aliphatic carbocycles. The van der Waals surface area contributed by atoms with Gasteiger partial charge in [-0.2, -0.15) is 0 Å². The predicted octanol–water partition coefficient (Wildman–Crippen LogP) is 1.87. The summed E-state index contributed by atoms with van der Waals surface area (Å²) in [5, 5.41) is 9.31. The Hall–Kier alpha value is 0.0500. The summed E-state index contributed by atoms with van der Waals surface area (Å²) in [6.45, 7) is 3.59. The quantitative estimate of drug-likeness (QED) is 0.867. The fraction of sp³-hybridized carbons (Fsp3) is 0.556. The zero-order chi connectivity index (χ0) is 12.3. The van der Waals surface area contributed by atoms with Crippen LogP contribution in [-0.2, 0) is 10.0 Å². The minimum absolute atomic E-state index is 0.0474. The number of aliphatic hydroxyl groups is 1. The number of thiophene rings is 1. The number of hydrogen-bond donors (Lipinski definition) is 2. The van der Waals surface area contributed by atoms with E-state index in [1.807, 2.05) is 0 Å². The Balaban J connectivity index is 2.82. The fourth-order valence-electron chi connectivity index (χ4n) is 1.13. The van der Waals surface area contributed by atoms with E-state index in [1.165, 1.54) is 11.3 Å². The Kier molecular flexibility index (Phi) is 4.93. The van der Waals surface area contributed by atoms with Crippen molar-refractivity contribution >= 4 is 37.3 Å².